The highest BCUT2D eigenvalue weighted by Crippen LogP contribution is 2.34. The minimum Gasteiger partial charge on any atom is -0.463 e. The van der Waals surface area contributed by atoms with Crippen molar-refractivity contribution in [1.82, 2.24) is 5.32 Å². The van der Waals surface area contributed by atoms with Gasteiger partial charge in [0.2, 0.25) is 5.91 Å². The summed E-state index contributed by atoms with van der Waals surface area (Å²) in [7, 11) is 0. The van der Waals surface area contributed by atoms with Gasteiger partial charge in [0.05, 0.1) is 0 Å². The quantitative estimate of drug-likeness (QED) is 0.286. The number of carbonyl (C=O) groups excluding carboxylic acids is 3. The summed E-state index contributed by atoms with van der Waals surface area (Å²) in [5.74, 6) is -4.32. The number of halogens is 2. The Kier molecular flexibility index (Phi) is 12.0. The number of nitrogens with one attached hydrogen (secondary N) is 1. The lowest BCUT2D eigenvalue weighted by Gasteiger charge is -2.33. The molecular formula is C25H37F2NO5. The van der Waals surface area contributed by atoms with Gasteiger partial charge in [0.25, 0.3) is 5.92 Å². The van der Waals surface area contributed by atoms with Crippen LogP contribution in [0.25, 0.3) is 0 Å². The summed E-state index contributed by atoms with van der Waals surface area (Å²) >= 11 is 0. The molecule has 1 aromatic carbocycles. The number of hydrogen-bond acceptors (Lipinski definition) is 5. The smallest absolute Gasteiger partial charge is 0.302 e. The van der Waals surface area contributed by atoms with Gasteiger partial charge in [0.1, 0.15) is 18.8 Å². The highest BCUT2D eigenvalue weighted by Gasteiger charge is 2.34. The maximum Gasteiger partial charge on any atom is 0.302 e. The normalized spacial score (nSPS) is 11.7. The van der Waals surface area contributed by atoms with Crippen molar-refractivity contribution in [2.24, 2.45) is 0 Å². The van der Waals surface area contributed by atoms with Gasteiger partial charge in [-0.15, -0.1) is 0 Å². The van der Waals surface area contributed by atoms with E-state index in [1.54, 1.807) is 12.1 Å². The van der Waals surface area contributed by atoms with Crippen LogP contribution in [0.1, 0.15) is 83.8 Å². The van der Waals surface area contributed by atoms with E-state index in [1.807, 2.05) is 0 Å². The van der Waals surface area contributed by atoms with E-state index in [0.29, 0.717) is 12.8 Å². The van der Waals surface area contributed by atoms with Crippen LogP contribution in [0.15, 0.2) is 24.3 Å². The van der Waals surface area contributed by atoms with Gasteiger partial charge in [-0.1, -0.05) is 56.9 Å². The van der Waals surface area contributed by atoms with Gasteiger partial charge in [0, 0.05) is 32.8 Å². The van der Waals surface area contributed by atoms with Crippen LogP contribution in [0.4, 0.5) is 8.78 Å². The van der Waals surface area contributed by atoms with Crippen molar-refractivity contribution >= 4 is 17.8 Å². The van der Waals surface area contributed by atoms with Crippen LogP contribution in [0, 0.1) is 0 Å². The molecule has 0 aliphatic heterocycles. The Hall–Kier alpha value is -2.51. The molecule has 1 N–H and O–H groups in total. The molecule has 33 heavy (non-hydrogen) atoms. The number of esters is 2. The molecule has 0 aliphatic carbocycles. The fourth-order valence-electron chi connectivity index (χ4n) is 3.57. The number of alkyl halides is 2. The molecule has 6 nitrogen and oxygen atoms in total. The SMILES string of the molecule is CCCCCCCC(F)(F)c1ccc(CCC(COC(C)=O)(COC(C)=O)NC(C)=O)cc1. The average molecular weight is 470 g/mol. The van der Waals surface area contributed by atoms with Crippen LogP contribution >= 0.6 is 0 Å². The van der Waals surface area contributed by atoms with Gasteiger partial charge >= 0.3 is 11.9 Å². The number of unbranched alkanes of at least 4 members (excludes halogenated alkanes) is 4. The first-order chi connectivity index (χ1) is 15.5. The molecule has 186 valence electrons. The maximum atomic E-state index is 14.5. The summed E-state index contributed by atoms with van der Waals surface area (Å²) < 4.78 is 39.3. The van der Waals surface area contributed by atoms with Crippen molar-refractivity contribution in [3.63, 3.8) is 0 Å². The number of rotatable bonds is 15. The first kappa shape index (κ1) is 28.5. The third kappa shape index (κ3) is 11.3. The predicted octanol–water partition coefficient (Wildman–Crippen LogP) is 5.07. The summed E-state index contributed by atoms with van der Waals surface area (Å²) in [4.78, 5) is 34.5. The van der Waals surface area contributed by atoms with E-state index in [-0.39, 0.29) is 37.5 Å². The average Bonchev–Trinajstić information content (AvgIpc) is 2.74. The molecule has 1 aromatic rings. The Labute approximate surface area is 195 Å². The highest BCUT2D eigenvalue weighted by atomic mass is 19.3. The lowest BCUT2D eigenvalue weighted by atomic mass is 9.91. The third-order valence-corrected chi connectivity index (χ3v) is 5.41. The molecule has 0 fully saturated rings. The third-order valence-electron chi connectivity index (χ3n) is 5.41. The molecule has 0 radical (unpaired) electrons. The van der Waals surface area contributed by atoms with Crippen molar-refractivity contribution in [3.8, 4) is 0 Å². The van der Waals surface area contributed by atoms with Crippen LogP contribution in [0.3, 0.4) is 0 Å². The van der Waals surface area contributed by atoms with Gasteiger partial charge in [-0.3, -0.25) is 14.4 Å². The number of aryl methyl sites for hydroxylation is 1. The Morgan fingerprint density at radius 3 is 1.88 bits per heavy atom. The Morgan fingerprint density at radius 2 is 1.39 bits per heavy atom. The summed E-state index contributed by atoms with van der Waals surface area (Å²) in [6.07, 6.45) is 4.90. The molecule has 1 amide bonds. The van der Waals surface area contributed by atoms with Crippen LogP contribution < -0.4 is 5.32 Å². The summed E-state index contributed by atoms with van der Waals surface area (Å²) in [5.41, 5.74) is -0.364. The van der Waals surface area contributed by atoms with E-state index in [1.165, 1.54) is 32.9 Å². The molecule has 0 saturated carbocycles. The molecule has 0 atom stereocenters. The number of carbonyl (C=O) groups is 3. The van der Waals surface area contributed by atoms with Crippen LogP contribution in [0.2, 0.25) is 0 Å². The van der Waals surface area contributed by atoms with Crippen molar-refractivity contribution in [3.05, 3.63) is 35.4 Å². The molecule has 0 unspecified atom stereocenters. The van der Waals surface area contributed by atoms with Crippen LogP contribution in [0.5, 0.6) is 0 Å². The van der Waals surface area contributed by atoms with Crippen molar-refractivity contribution in [2.75, 3.05) is 13.2 Å². The van der Waals surface area contributed by atoms with Gasteiger partial charge in [-0.2, -0.15) is 0 Å². The van der Waals surface area contributed by atoms with Gasteiger partial charge < -0.3 is 14.8 Å². The van der Waals surface area contributed by atoms with E-state index in [9.17, 15) is 23.2 Å². The fraction of sp³-hybridized carbons (Fsp3) is 0.640. The first-order valence-electron chi connectivity index (χ1n) is 11.5. The van der Waals surface area contributed by atoms with E-state index in [2.05, 4.69) is 12.2 Å². The van der Waals surface area contributed by atoms with Crippen molar-refractivity contribution in [1.29, 1.82) is 0 Å². The molecular weight excluding hydrogens is 432 g/mol. The van der Waals surface area contributed by atoms with Crippen LogP contribution in [-0.4, -0.2) is 36.6 Å². The van der Waals surface area contributed by atoms with Gasteiger partial charge in [-0.25, -0.2) is 8.78 Å². The Balaban J connectivity index is 2.85. The molecule has 0 bridgehead atoms. The molecule has 1 rings (SSSR count). The fourth-order valence-corrected chi connectivity index (χ4v) is 3.57. The molecule has 0 aromatic heterocycles. The molecule has 0 heterocycles. The minimum atomic E-state index is -2.88. The zero-order valence-corrected chi connectivity index (χ0v) is 20.2. The second-order valence-corrected chi connectivity index (χ2v) is 8.59. The molecule has 0 aliphatic rings. The number of hydrogen-bond donors (Lipinski definition) is 1. The molecule has 0 spiro atoms. The summed E-state index contributed by atoms with van der Waals surface area (Å²) in [5, 5.41) is 2.73. The van der Waals surface area contributed by atoms with Crippen molar-refractivity contribution < 1.29 is 32.6 Å². The van der Waals surface area contributed by atoms with E-state index in [4.69, 9.17) is 9.47 Å². The number of benzene rings is 1. The van der Waals surface area contributed by atoms with Gasteiger partial charge in [-0.05, 0) is 24.8 Å². The highest BCUT2D eigenvalue weighted by molar-refractivity contribution is 5.74. The first-order valence-corrected chi connectivity index (χ1v) is 11.5. The Morgan fingerprint density at radius 1 is 0.848 bits per heavy atom. The number of ether oxygens (including phenoxy) is 2. The summed E-state index contributed by atoms with van der Waals surface area (Å²) in [6.45, 7) is 5.53. The maximum absolute atomic E-state index is 14.5. The zero-order chi connectivity index (χ0) is 24.9. The monoisotopic (exact) mass is 469 g/mol. The lowest BCUT2D eigenvalue weighted by Crippen LogP contribution is -2.55. The largest absolute Gasteiger partial charge is 0.463 e. The predicted molar refractivity (Wildman–Crippen MR) is 122 cm³/mol. The Bertz CT molecular complexity index is 747. The van der Waals surface area contributed by atoms with E-state index >= 15 is 0 Å². The second kappa shape index (κ2) is 13.9. The molecule has 8 heteroatoms. The van der Waals surface area contributed by atoms with Gasteiger partial charge in [0.15, 0.2) is 0 Å². The van der Waals surface area contributed by atoms with Crippen molar-refractivity contribution in [2.45, 2.75) is 90.5 Å². The standard InChI is InChI=1S/C25H37F2NO5/c1-5-6-7-8-9-15-25(26,27)23-12-10-22(11-13-23)14-16-24(28-19(2)29,17-32-20(3)30)18-33-21(4)31/h10-13H,5-9,14-18H2,1-4H3,(H,28,29). The van der Waals surface area contributed by atoms with E-state index in [0.717, 1.165) is 31.2 Å². The summed E-state index contributed by atoms with van der Waals surface area (Å²) in [6, 6.07) is 6.13. The van der Waals surface area contributed by atoms with Crippen LogP contribution in [-0.2, 0) is 36.2 Å². The number of amides is 1. The second-order valence-electron chi connectivity index (χ2n) is 8.59. The topological polar surface area (TPSA) is 81.7 Å². The lowest BCUT2D eigenvalue weighted by molar-refractivity contribution is -0.150. The zero-order valence-electron chi connectivity index (χ0n) is 20.2. The molecule has 0 saturated heterocycles. The minimum absolute atomic E-state index is 0.0188. The van der Waals surface area contributed by atoms with E-state index < -0.39 is 23.4 Å².